The van der Waals surface area contributed by atoms with E-state index in [1.54, 1.807) is 6.92 Å². The summed E-state index contributed by atoms with van der Waals surface area (Å²) in [6.07, 6.45) is 1.31. The van der Waals surface area contributed by atoms with Gasteiger partial charge in [-0.25, -0.2) is 4.79 Å². The third kappa shape index (κ3) is 2.86. The molecule has 0 atom stereocenters. The third-order valence-corrected chi connectivity index (χ3v) is 0.824. The van der Waals surface area contributed by atoms with Crippen molar-refractivity contribution in [2.24, 2.45) is 10.7 Å². The van der Waals surface area contributed by atoms with E-state index in [0.717, 1.165) is 0 Å². The average molecular weight is 142 g/mol. The second-order valence-electron chi connectivity index (χ2n) is 1.80. The molecule has 0 bridgehead atoms. The van der Waals surface area contributed by atoms with Gasteiger partial charge >= 0.3 is 5.97 Å². The first-order valence-electron chi connectivity index (χ1n) is 2.71. The minimum Gasteiger partial charge on any atom is -0.477 e. The van der Waals surface area contributed by atoms with E-state index in [0.29, 0.717) is 5.70 Å². The summed E-state index contributed by atoms with van der Waals surface area (Å²) in [6, 6.07) is 0. The third-order valence-electron chi connectivity index (χ3n) is 0.824. The molecule has 0 amide bonds. The van der Waals surface area contributed by atoms with Crippen molar-refractivity contribution in [2.75, 3.05) is 7.05 Å². The summed E-state index contributed by atoms with van der Waals surface area (Å²) in [7, 11) is 1.41. The number of carboxylic acids is 1. The SMILES string of the molecule is CN=C(C=C(C)N)C(=O)O. The van der Waals surface area contributed by atoms with Crippen molar-refractivity contribution in [3.8, 4) is 0 Å². The number of nitrogens with zero attached hydrogens (tertiary/aromatic N) is 1. The molecule has 0 unspecified atom stereocenters. The van der Waals surface area contributed by atoms with Crippen LogP contribution in [0.3, 0.4) is 0 Å². The van der Waals surface area contributed by atoms with Crippen LogP contribution in [-0.2, 0) is 4.79 Å². The van der Waals surface area contributed by atoms with Gasteiger partial charge in [0.05, 0.1) is 0 Å². The summed E-state index contributed by atoms with van der Waals surface area (Å²) in [5.74, 6) is -1.06. The predicted molar refractivity (Wildman–Crippen MR) is 38.9 cm³/mol. The lowest BCUT2D eigenvalue weighted by molar-refractivity contribution is -0.129. The van der Waals surface area contributed by atoms with Crippen molar-refractivity contribution >= 4 is 11.7 Å². The highest BCUT2D eigenvalue weighted by Gasteiger charge is 2.02. The summed E-state index contributed by atoms with van der Waals surface area (Å²) >= 11 is 0. The minimum atomic E-state index is -1.06. The molecule has 0 fully saturated rings. The second kappa shape index (κ2) is 3.66. The van der Waals surface area contributed by atoms with Crippen LogP contribution in [0.15, 0.2) is 16.8 Å². The molecule has 4 heteroatoms. The maximum atomic E-state index is 10.2. The molecule has 0 aliphatic heterocycles. The van der Waals surface area contributed by atoms with Crippen molar-refractivity contribution in [3.63, 3.8) is 0 Å². The topological polar surface area (TPSA) is 75.7 Å². The molecule has 0 radical (unpaired) electrons. The van der Waals surface area contributed by atoms with Crippen LogP contribution in [-0.4, -0.2) is 23.8 Å². The molecule has 0 heterocycles. The van der Waals surface area contributed by atoms with Gasteiger partial charge < -0.3 is 10.8 Å². The Morgan fingerprint density at radius 2 is 2.20 bits per heavy atom. The molecular formula is C6H10N2O2. The Balaban J connectivity index is 4.42. The minimum absolute atomic E-state index is 0.0278. The number of allylic oxidation sites excluding steroid dienone is 1. The molecule has 0 saturated carbocycles. The van der Waals surface area contributed by atoms with Gasteiger partial charge in [0.1, 0.15) is 5.71 Å². The van der Waals surface area contributed by atoms with Crippen molar-refractivity contribution in [3.05, 3.63) is 11.8 Å². The maximum absolute atomic E-state index is 10.2. The van der Waals surface area contributed by atoms with Crippen molar-refractivity contribution < 1.29 is 9.90 Å². The van der Waals surface area contributed by atoms with E-state index < -0.39 is 5.97 Å². The van der Waals surface area contributed by atoms with E-state index in [1.807, 2.05) is 0 Å². The Bertz CT molecular complexity index is 190. The van der Waals surface area contributed by atoms with E-state index in [2.05, 4.69) is 4.99 Å². The van der Waals surface area contributed by atoms with Gasteiger partial charge in [0, 0.05) is 12.7 Å². The number of aliphatic imine (C=N–C) groups is 1. The van der Waals surface area contributed by atoms with Gasteiger partial charge in [0.15, 0.2) is 0 Å². The lowest BCUT2D eigenvalue weighted by Gasteiger charge is -1.91. The van der Waals surface area contributed by atoms with Crippen LogP contribution in [0.4, 0.5) is 0 Å². The summed E-state index contributed by atoms with van der Waals surface area (Å²) in [5, 5.41) is 8.39. The van der Waals surface area contributed by atoms with Gasteiger partial charge in [-0.1, -0.05) is 0 Å². The van der Waals surface area contributed by atoms with Crippen LogP contribution < -0.4 is 5.73 Å². The Morgan fingerprint density at radius 1 is 1.70 bits per heavy atom. The number of hydrogen-bond acceptors (Lipinski definition) is 3. The number of rotatable bonds is 2. The average Bonchev–Trinajstić information content (AvgIpc) is 1.81. The normalized spacial score (nSPS) is 13.4. The molecule has 0 rings (SSSR count). The Labute approximate surface area is 59.1 Å². The molecule has 10 heavy (non-hydrogen) atoms. The molecule has 0 aromatic carbocycles. The first-order valence-corrected chi connectivity index (χ1v) is 2.71. The largest absolute Gasteiger partial charge is 0.477 e. The zero-order valence-electron chi connectivity index (χ0n) is 5.96. The van der Waals surface area contributed by atoms with Crippen molar-refractivity contribution in [2.45, 2.75) is 6.92 Å². The fraction of sp³-hybridized carbons (Fsp3) is 0.333. The summed E-state index contributed by atoms with van der Waals surface area (Å²) in [5.41, 5.74) is 5.63. The lowest BCUT2D eigenvalue weighted by atomic mass is 10.3. The molecule has 0 spiro atoms. The van der Waals surface area contributed by atoms with Crippen LogP contribution in [0.2, 0.25) is 0 Å². The first-order chi connectivity index (χ1) is 4.57. The monoisotopic (exact) mass is 142 g/mol. The summed E-state index contributed by atoms with van der Waals surface area (Å²) in [6.45, 7) is 1.61. The Hall–Kier alpha value is -1.32. The Morgan fingerprint density at radius 3 is 2.30 bits per heavy atom. The van der Waals surface area contributed by atoms with Gasteiger partial charge in [-0.2, -0.15) is 0 Å². The molecule has 0 saturated heterocycles. The number of carbonyl (C=O) groups is 1. The fourth-order valence-electron chi connectivity index (χ4n) is 0.438. The zero-order valence-corrected chi connectivity index (χ0v) is 5.96. The molecule has 0 aliphatic carbocycles. The zero-order chi connectivity index (χ0) is 8.15. The summed E-state index contributed by atoms with van der Waals surface area (Å²) < 4.78 is 0. The Kier molecular flexibility index (Phi) is 3.17. The molecule has 0 aliphatic rings. The predicted octanol–water partition coefficient (Wildman–Crippen LogP) is 0.00430. The highest BCUT2D eigenvalue weighted by Crippen LogP contribution is 1.85. The lowest BCUT2D eigenvalue weighted by Crippen LogP contribution is -2.11. The maximum Gasteiger partial charge on any atom is 0.354 e. The van der Waals surface area contributed by atoms with Crippen LogP contribution in [0.5, 0.6) is 0 Å². The quantitative estimate of drug-likeness (QED) is 0.533. The van der Waals surface area contributed by atoms with Crippen LogP contribution >= 0.6 is 0 Å². The molecule has 4 nitrogen and oxygen atoms in total. The van der Waals surface area contributed by atoms with Crippen LogP contribution in [0.25, 0.3) is 0 Å². The van der Waals surface area contributed by atoms with E-state index >= 15 is 0 Å². The summed E-state index contributed by atoms with van der Waals surface area (Å²) in [4.78, 5) is 13.7. The molecular weight excluding hydrogens is 132 g/mol. The number of hydrogen-bond donors (Lipinski definition) is 2. The molecule has 0 aromatic rings. The molecule has 3 N–H and O–H groups in total. The van der Waals surface area contributed by atoms with Crippen molar-refractivity contribution in [1.29, 1.82) is 0 Å². The number of carboxylic acid groups (broad SMARTS) is 1. The second-order valence-corrected chi connectivity index (χ2v) is 1.80. The van der Waals surface area contributed by atoms with Crippen LogP contribution in [0, 0.1) is 0 Å². The van der Waals surface area contributed by atoms with E-state index in [9.17, 15) is 4.79 Å². The molecule has 0 aromatic heterocycles. The van der Waals surface area contributed by atoms with Gasteiger partial charge in [0.25, 0.3) is 0 Å². The molecule has 56 valence electrons. The fourth-order valence-corrected chi connectivity index (χ4v) is 0.438. The van der Waals surface area contributed by atoms with Gasteiger partial charge in [0.2, 0.25) is 0 Å². The first kappa shape index (κ1) is 8.68. The van der Waals surface area contributed by atoms with E-state index in [1.165, 1.54) is 13.1 Å². The highest BCUT2D eigenvalue weighted by molar-refractivity contribution is 6.40. The highest BCUT2D eigenvalue weighted by atomic mass is 16.4. The van der Waals surface area contributed by atoms with Crippen LogP contribution in [0.1, 0.15) is 6.92 Å². The van der Waals surface area contributed by atoms with Gasteiger partial charge in [-0.05, 0) is 13.0 Å². The number of aliphatic carboxylic acids is 1. The van der Waals surface area contributed by atoms with E-state index in [-0.39, 0.29) is 5.71 Å². The van der Waals surface area contributed by atoms with Gasteiger partial charge in [-0.15, -0.1) is 0 Å². The van der Waals surface area contributed by atoms with E-state index in [4.69, 9.17) is 10.8 Å². The van der Waals surface area contributed by atoms with Gasteiger partial charge in [-0.3, -0.25) is 4.99 Å². The van der Waals surface area contributed by atoms with Crippen molar-refractivity contribution in [1.82, 2.24) is 0 Å². The standard InChI is InChI=1S/C6H10N2O2/c1-4(7)3-5(8-2)6(9)10/h3H,7H2,1-2H3,(H,9,10). The smallest absolute Gasteiger partial charge is 0.354 e. The number of nitrogens with two attached hydrogens (primary N) is 1.